The zero-order valence-corrected chi connectivity index (χ0v) is 13.3. The van der Waals surface area contributed by atoms with Crippen LogP contribution in [0.25, 0.3) is 0 Å². The van der Waals surface area contributed by atoms with Crippen molar-refractivity contribution in [2.75, 3.05) is 13.7 Å². The Morgan fingerprint density at radius 1 is 1.19 bits per heavy atom. The molecule has 0 spiro atoms. The van der Waals surface area contributed by atoms with Crippen molar-refractivity contribution in [1.82, 2.24) is 0 Å². The molecule has 0 radical (unpaired) electrons. The molecular formula is C16H19ClO4. The van der Waals surface area contributed by atoms with Crippen molar-refractivity contribution in [1.29, 1.82) is 0 Å². The lowest BCUT2D eigenvalue weighted by molar-refractivity contribution is -0.137. The van der Waals surface area contributed by atoms with E-state index in [1.54, 1.807) is 6.92 Å². The first kappa shape index (κ1) is 15.8. The van der Waals surface area contributed by atoms with Gasteiger partial charge in [-0.25, -0.2) is 4.79 Å². The van der Waals surface area contributed by atoms with Crippen molar-refractivity contribution in [3.8, 4) is 5.75 Å². The minimum Gasteiger partial charge on any atom is -0.494 e. The molecule has 0 heterocycles. The van der Waals surface area contributed by atoms with E-state index in [1.807, 2.05) is 6.92 Å². The number of hydrogen-bond donors (Lipinski definition) is 0. The summed E-state index contributed by atoms with van der Waals surface area (Å²) in [4.78, 5) is 24.1. The number of benzene rings is 1. The number of ketones is 1. The molecule has 0 amide bonds. The third kappa shape index (κ3) is 2.77. The van der Waals surface area contributed by atoms with E-state index in [-0.39, 0.29) is 17.9 Å². The maximum atomic E-state index is 12.4. The Morgan fingerprint density at radius 2 is 1.81 bits per heavy atom. The molecule has 0 aromatic heterocycles. The minimum absolute atomic E-state index is 0.157. The molecule has 21 heavy (non-hydrogen) atoms. The summed E-state index contributed by atoms with van der Waals surface area (Å²) >= 11 is 6.40. The summed E-state index contributed by atoms with van der Waals surface area (Å²) in [6.45, 7) is 3.66. The van der Waals surface area contributed by atoms with Gasteiger partial charge in [0.1, 0.15) is 5.75 Å². The Bertz CT molecular complexity index is 593. The lowest BCUT2D eigenvalue weighted by Crippen LogP contribution is -2.21. The molecule has 0 unspecified atom stereocenters. The minimum atomic E-state index is -0.870. The Morgan fingerprint density at radius 3 is 2.38 bits per heavy atom. The summed E-state index contributed by atoms with van der Waals surface area (Å²) in [6.07, 6.45) is 3.87. The number of ether oxygens (including phenoxy) is 2. The van der Waals surface area contributed by atoms with Crippen molar-refractivity contribution in [3.05, 3.63) is 27.3 Å². The third-order valence-electron chi connectivity index (χ3n) is 3.88. The summed E-state index contributed by atoms with van der Waals surface area (Å²) in [6, 6.07) is 0. The van der Waals surface area contributed by atoms with Gasteiger partial charge in [-0.1, -0.05) is 11.6 Å². The predicted octanol–water partition coefficient (Wildman–Crippen LogP) is 3.28. The van der Waals surface area contributed by atoms with E-state index in [0.717, 1.165) is 42.4 Å². The van der Waals surface area contributed by atoms with Crippen LogP contribution in [0.1, 0.15) is 46.8 Å². The van der Waals surface area contributed by atoms with Crippen LogP contribution in [0.15, 0.2) is 0 Å². The maximum absolute atomic E-state index is 12.4. The third-order valence-corrected chi connectivity index (χ3v) is 4.28. The lowest BCUT2D eigenvalue weighted by atomic mass is 9.85. The van der Waals surface area contributed by atoms with Gasteiger partial charge in [-0.05, 0) is 56.2 Å². The Balaban J connectivity index is 2.62. The lowest BCUT2D eigenvalue weighted by Gasteiger charge is -2.24. The van der Waals surface area contributed by atoms with E-state index in [0.29, 0.717) is 5.02 Å². The molecule has 114 valence electrons. The number of Topliss-reactive ketones (excluding diaryl/α,β-unsaturated/α-hetero) is 1. The first-order valence-corrected chi connectivity index (χ1v) is 7.49. The normalized spacial score (nSPS) is 13.5. The molecule has 0 atom stereocenters. The molecule has 0 saturated heterocycles. The van der Waals surface area contributed by atoms with Crippen molar-refractivity contribution in [2.24, 2.45) is 0 Å². The summed E-state index contributed by atoms with van der Waals surface area (Å²) in [5.41, 5.74) is 3.13. The van der Waals surface area contributed by atoms with E-state index >= 15 is 0 Å². The summed E-state index contributed by atoms with van der Waals surface area (Å²) in [5, 5.41) is 0.449. The van der Waals surface area contributed by atoms with Crippen LogP contribution in [0.4, 0.5) is 0 Å². The molecule has 0 bridgehead atoms. The average Bonchev–Trinajstić information content (AvgIpc) is 2.50. The first-order valence-electron chi connectivity index (χ1n) is 7.12. The van der Waals surface area contributed by atoms with Crippen molar-refractivity contribution < 1.29 is 19.1 Å². The second-order valence-corrected chi connectivity index (χ2v) is 5.44. The highest BCUT2D eigenvalue weighted by molar-refractivity contribution is 6.43. The van der Waals surface area contributed by atoms with Crippen LogP contribution >= 0.6 is 11.6 Å². The second-order valence-electron chi connectivity index (χ2n) is 5.06. The summed E-state index contributed by atoms with van der Waals surface area (Å²) in [7, 11) is 1.46. The topological polar surface area (TPSA) is 52.6 Å². The number of carbonyl (C=O) groups excluding carboxylic acids is 2. The van der Waals surface area contributed by atoms with E-state index in [2.05, 4.69) is 0 Å². The molecule has 1 aromatic carbocycles. The van der Waals surface area contributed by atoms with E-state index in [4.69, 9.17) is 21.1 Å². The fourth-order valence-corrected chi connectivity index (χ4v) is 3.27. The highest BCUT2D eigenvalue weighted by Gasteiger charge is 2.30. The maximum Gasteiger partial charge on any atom is 0.379 e. The Labute approximate surface area is 129 Å². The van der Waals surface area contributed by atoms with Crippen LogP contribution in [0.5, 0.6) is 5.75 Å². The molecule has 0 fully saturated rings. The number of esters is 1. The van der Waals surface area contributed by atoms with Crippen molar-refractivity contribution in [3.63, 3.8) is 0 Å². The van der Waals surface area contributed by atoms with Gasteiger partial charge >= 0.3 is 5.97 Å². The van der Waals surface area contributed by atoms with Gasteiger partial charge in [-0.15, -0.1) is 0 Å². The number of fused-ring (bicyclic) bond motifs is 1. The first-order chi connectivity index (χ1) is 10.0. The van der Waals surface area contributed by atoms with Gasteiger partial charge in [0.2, 0.25) is 0 Å². The zero-order valence-electron chi connectivity index (χ0n) is 12.5. The number of hydrogen-bond acceptors (Lipinski definition) is 4. The van der Waals surface area contributed by atoms with E-state index in [1.165, 1.54) is 7.11 Å². The molecule has 0 N–H and O–H groups in total. The van der Waals surface area contributed by atoms with Gasteiger partial charge in [0.15, 0.2) is 0 Å². The number of methoxy groups -OCH3 is 1. The smallest absolute Gasteiger partial charge is 0.379 e. The highest BCUT2D eigenvalue weighted by Crippen LogP contribution is 2.41. The molecular weight excluding hydrogens is 292 g/mol. The molecule has 1 aromatic rings. The molecule has 2 rings (SSSR count). The highest BCUT2D eigenvalue weighted by atomic mass is 35.5. The zero-order chi connectivity index (χ0) is 15.6. The average molecular weight is 311 g/mol. The van der Waals surface area contributed by atoms with Gasteiger partial charge in [0, 0.05) is 0 Å². The fraction of sp³-hybridized carbons (Fsp3) is 0.500. The van der Waals surface area contributed by atoms with Gasteiger partial charge in [-0.2, -0.15) is 0 Å². The Kier molecular flexibility index (Phi) is 4.88. The summed E-state index contributed by atoms with van der Waals surface area (Å²) < 4.78 is 10.1. The number of rotatable bonds is 4. The van der Waals surface area contributed by atoms with Crippen LogP contribution in [0, 0.1) is 6.92 Å². The Hall–Kier alpha value is -1.55. The van der Waals surface area contributed by atoms with Crippen LogP contribution in [0.3, 0.4) is 0 Å². The molecule has 1 aliphatic carbocycles. The molecule has 4 nitrogen and oxygen atoms in total. The number of halogens is 1. The quantitative estimate of drug-likeness (QED) is 0.486. The van der Waals surface area contributed by atoms with Gasteiger partial charge in [0.25, 0.3) is 5.78 Å². The van der Waals surface area contributed by atoms with E-state index < -0.39 is 11.8 Å². The fourth-order valence-electron chi connectivity index (χ4n) is 2.89. The predicted molar refractivity (Wildman–Crippen MR) is 80.3 cm³/mol. The molecule has 0 saturated carbocycles. The van der Waals surface area contributed by atoms with E-state index in [9.17, 15) is 9.59 Å². The van der Waals surface area contributed by atoms with Crippen LogP contribution in [-0.2, 0) is 22.4 Å². The van der Waals surface area contributed by atoms with Crippen LogP contribution < -0.4 is 4.74 Å². The number of carbonyl (C=O) groups is 2. The van der Waals surface area contributed by atoms with Crippen molar-refractivity contribution in [2.45, 2.75) is 39.5 Å². The molecule has 0 aliphatic heterocycles. The SMILES string of the molecule is CCOC(=O)C(=O)c1c(C)c2c(c(Cl)c1OC)CCCC2. The molecule has 1 aliphatic rings. The second kappa shape index (κ2) is 6.48. The van der Waals surface area contributed by atoms with Gasteiger partial charge in [0.05, 0.1) is 24.3 Å². The van der Waals surface area contributed by atoms with Gasteiger partial charge in [-0.3, -0.25) is 4.79 Å². The standard InChI is InChI=1S/C16H19ClO4/c1-4-21-16(19)14(18)12-9(2)10-7-5-6-8-11(10)13(17)15(12)20-3/h4-8H2,1-3H3. The molecule has 5 heteroatoms. The van der Waals surface area contributed by atoms with Crippen molar-refractivity contribution >= 4 is 23.4 Å². The monoisotopic (exact) mass is 310 g/mol. The van der Waals surface area contributed by atoms with Gasteiger partial charge < -0.3 is 9.47 Å². The largest absolute Gasteiger partial charge is 0.494 e. The van der Waals surface area contributed by atoms with Crippen LogP contribution in [0.2, 0.25) is 5.02 Å². The summed E-state index contributed by atoms with van der Waals surface area (Å²) in [5.74, 6) is -1.28. The van der Waals surface area contributed by atoms with Crippen LogP contribution in [-0.4, -0.2) is 25.5 Å².